The predicted octanol–water partition coefficient (Wildman–Crippen LogP) is 2.35. The highest BCUT2D eigenvalue weighted by atomic mass is 16.5. The monoisotopic (exact) mass is 236 g/mol. The Morgan fingerprint density at radius 3 is 2.24 bits per heavy atom. The largest absolute Gasteiger partial charge is 0.481 e. The van der Waals surface area contributed by atoms with Crippen molar-refractivity contribution in [2.24, 2.45) is 0 Å². The molecular formula is C13H16O4. The van der Waals surface area contributed by atoms with Crippen molar-refractivity contribution >= 4 is 18.0 Å². The zero-order chi connectivity index (χ0) is 13.1. The normalized spacial score (nSPS) is 9.29. The molecule has 0 saturated carbocycles. The Labute approximate surface area is 101 Å². The highest BCUT2D eigenvalue weighted by Gasteiger charge is 1.87. The third-order valence-corrected chi connectivity index (χ3v) is 1.49. The van der Waals surface area contributed by atoms with Crippen molar-refractivity contribution < 1.29 is 19.4 Å². The second-order valence-corrected chi connectivity index (χ2v) is 3.13. The van der Waals surface area contributed by atoms with E-state index in [0.717, 1.165) is 12.5 Å². The van der Waals surface area contributed by atoms with Gasteiger partial charge in [-0.1, -0.05) is 36.4 Å². The van der Waals surface area contributed by atoms with Gasteiger partial charge in [-0.3, -0.25) is 9.59 Å². The van der Waals surface area contributed by atoms with Gasteiger partial charge >= 0.3 is 5.97 Å². The van der Waals surface area contributed by atoms with Gasteiger partial charge in [0, 0.05) is 13.8 Å². The summed E-state index contributed by atoms with van der Waals surface area (Å²) in [7, 11) is 0. The van der Waals surface area contributed by atoms with E-state index in [1.54, 1.807) is 0 Å². The lowest BCUT2D eigenvalue weighted by Gasteiger charge is -1.94. The molecule has 0 amide bonds. The van der Waals surface area contributed by atoms with Crippen molar-refractivity contribution in [1.29, 1.82) is 0 Å². The van der Waals surface area contributed by atoms with Gasteiger partial charge in [-0.2, -0.15) is 0 Å². The highest BCUT2D eigenvalue weighted by molar-refractivity contribution is 5.66. The molecule has 0 saturated heterocycles. The molecule has 1 aromatic rings. The molecule has 0 heterocycles. The Morgan fingerprint density at radius 1 is 1.24 bits per heavy atom. The topological polar surface area (TPSA) is 63.6 Å². The van der Waals surface area contributed by atoms with Gasteiger partial charge < -0.3 is 9.84 Å². The van der Waals surface area contributed by atoms with Gasteiger partial charge in [-0.25, -0.2) is 0 Å². The Bertz CT molecular complexity index is 364. The molecule has 0 aliphatic carbocycles. The first kappa shape index (κ1) is 14.9. The number of carbonyl (C=O) groups is 2. The van der Waals surface area contributed by atoms with E-state index in [2.05, 4.69) is 0 Å². The van der Waals surface area contributed by atoms with Crippen molar-refractivity contribution in [2.45, 2.75) is 13.8 Å². The summed E-state index contributed by atoms with van der Waals surface area (Å²) in [6, 6.07) is 9.87. The maximum Gasteiger partial charge on any atom is 0.302 e. The van der Waals surface area contributed by atoms with Crippen LogP contribution in [0.25, 0.3) is 6.08 Å². The van der Waals surface area contributed by atoms with Crippen LogP contribution in [-0.2, 0) is 14.3 Å². The Balaban J connectivity index is 0.000000557. The van der Waals surface area contributed by atoms with Gasteiger partial charge in [0.1, 0.15) is 6.61 Å². The summed E-state index contributed by atoms with van der Waals surface area (Å²) in [5.41, 5.74) is 1.11. The predicted molar refractivity (Wildman–Crippen MR) is 65.4 cm³/mol. The third kappa shape index (κ3) is 11.8. The number of ether oxygens (including phenoxy) is 1. The van der Waals surface area contributed by atoms with Crippen LogP contribution in [0.5, 0.6) is 0 Å². The summed E-state index contributed by atoms with van der Waals surface area (Å²) in [5, 5.41) is 7.42. The summed E-state index contributed by atoms with van der Waals surface area (Å²) < 4.78 is 4.74. The smallest absolute Gasteiger partial charge is 0.302 e. The molecule has 0 radical (unpaired) electrons. The molecule has 1 N–H and O–H groups in total. The van der Waals surface area contributed by atoms with Crippen LogP contribution in [0.2, 0.25) is 0 Å². The van der Waals surface area contributed by atoms with Crippen molar-refractivity contribution in [1.82, 2.24) is 0 Å². The minimum atomic E-state index is -0.833. The van der Waals surface area contributed by atoms with Crippen LogP contribution in [0, 0.1) is 0 Å². The van der Waals surface area contributed by atoms with E-state index in [9.17, 15) is 4.79 Å². The third-order valence-electron chi connectivity index (χ3n) is 1.49. The van der Waals surface area contributed by atoms with E-state index in [-0.39, 0.29) is 5.97 Å². The number of carboxylic acids is 1. The zero-order valence-corrected chi connectivity index (χ0v) is 9.92. The van der Waals surface area contributed by atoms with Crippen LogP contribution < -0.4 is 0 Å². The van der Waals surface area contributed by atoms with Gasteiger partial charge in [0.05, 0.1) is 0 Å². The number of benzene rings is 1. The molecule has 0 bridgehead atoms. The minimum absolute atomic E-state index is 0.252. The lowest BCUT2D eigenvalue weighted by molar-refractivity contribution is -0.139. The number of esters is 1. The summed E-state index contributed by atoms with van der Waals surface area (Å²) in [5.74, 6) is -1.09. The van der Waals surface area contributed by atoms with Gasteiger partial charge in [0.2, 0.25) is 0 Å². The SMILES string of the molecule is CC(=O)O.CC(=O)OCC=Cc1ccccc1. The van der Waals surface area contributed by atoms with Crippen molar-refractivity contribution in [3.8, 4) is 0 Å². The number of carbonyl (C=O) groups excluding carboxylic acids is 1. The van der Waals surface area contributed by atoms with E-state index >= 15 is 0 Å². The average molecular weight is 236 g/mol. The van der Waals surface area contributed by atoms with Crippen molar-refractivity contribution in [3.63, 3.8) is 0 Å². The molecule has 17 heavy (non-hydrogen) atoms. The van der Waals surface area contributed by atoms with Crippen LogP contribution in [0.4, 0.5) is 0 Å². The quantitative estimate of drug-likeness (QED) is 0.818. The highest BCUT2D eigenvalue weighted by Crippen LogP contribution is 2.00. The first-order valence-corrected chi connectivity index (χ1v) is 5.07. The first-order chi connectivity index (χ1) is 8.02. The standard InChI is InChI=1S/C11H12O2.C2H4O2/c1-10(12)13-9-5-8-11-6-3-2-4-7-11;1-2(3)4/h2-8H,9H2,1H3;1H3,(H,3,4). The zero-order valence-electron chi connectivity index (χ0n) is 9.92. The van der Waals surface area contributed by atoms with Crippen molar-refractivity contribution in [2.75, 3.05) is 6.61 Å². The number of aliphatic carboxylic acids is 1. The molecule has 0 atom stereocenters. The van der Waals surface area contributed by atoms with E-state index in [4.69, 9.17) is 14.6 Å². The van der Waals surface area contributed by atoms with Crippen LogP contribution >= 0.6 is 0 Å². The molecule has 0 unspecified atom stereocenters. The molecule has 92 valence electrons. The molecular weight excluding hydrogens is 220 g/mol. The molecule has 0 aliphatic heterocycles. The molecule has 4 nitrogen and oxygen atoms in total. The summed E-state index contributed by atoms with van der Waals surface area (Å²) in [4.78, 5) is 19.4. The van der Waals surface area contributed by atoms with Gasteiger partial charge in [-0.15, -0.1) is 0 Å². The van der Waals surface area contributed by atoms with E-state index in [1.165, 1.54) is 6.92 Å². The number of hydrogen-bond donors (Lipinski definition) is 1. The second kappa shape index (κ2) is 9.15. The Hall–Kier alpha value is -2.10. The maximum absolute atomic E-state index is 10.4. The Kier molecular flexibility index (Phi) is 8.02. The van der Waals surface area contributed by atoms with Gasteiger partial charge in [0.25, 0.3) is 5.97 Å². The van der Waals surface area contributed by atoms with E-state index in [0.29, 0.717) is 6.61 Å². The van der Waals surface area contributed by atoms with Crippen molar-refractivity contribution in [3.05, 3.63) is 42.0 Å². The van der Waals surface area contributed by atoms with Crippen LogP contribution in [0.15, 0.2) is 36.4 Å². The van der Waals surface area contributed by atoms with Gasteiger partial charge in [0.15, 0.2) is 0 Å². The lowest BCUT2D eigenvalue weighted by Crippen LogP contribution is -1.97. The second-order valence-electron chi connectivity index (χ2n) is 3.13. The van der Waals surface area contributed by atoms with Crippen LogP contribution in [0.1, 0.15) is 19.4 Å². The maximum atomic E-state index is 10.4. The number of hydrogen-bond acceptors (Lipinski definition) is 3. The molecule has 0 aliphatic rings. The number of carboxylic acid groups (broad SMARTS) is 1. The fourth-order valence-electron chi connectivity index (χ4n) is 0.914. The first-order valence-electron chi connectivity index (χ1n) is 5.07. The molecule has 1 aromatic carbocycles. The summed E-state index contributed by atoms with van der Waals surface area (Å²) >= 11 is 0. The Morgan fingerprint density at radius 2 is 1.76 bits per heavy atom. The van der Waals surface area contributed by atoms with Gasteiger partial charge in [-0.05, 0) is 11.6 Å². The fourth-order valence-corrected chi connectivity index (χ4v) is 0.914. The molecule has 4 heteroatoms. The summed E-state index contributed by atoms with van der Waals surface area (Å²) in [6.07, 6.45) is 3.74. The van der Waals surface area contributed by atoms with Crippen LogP contribution in [-0.4, -0.2) is 23.7 Å². The van der Waals surface area contributed by atoms with E-state index < -0.39 is 5.97 Å². The average Bonchev–Trinajstić information content (AvgIpc) is 2.25. The summed E-state index contributed by atoms with van der Waals surface area (Å²) in [6.45, 7) is 2.82. The minimum Gasteiger partial charge on any atom is -0.481 e. The van der Waals surface area contributed by atoms with Crippen LogP contribution in [0.3, 0.4) is 0 Å². The molecule has 0 aromatic heterocycles. The van der Waals surface area contributed by atoms with E-state index in [1.807, 2.05) is 42.5 Å². The molecule has 0 fully saturated rings. The fraction of sp³-hybridized carbons (Fsp3) is 0.231. The number of rotatable bonds is 3. The lowest BCUT2D eigenvalue weighted by atomic mass is 10.2. The molecule has 1 rings (SSSR count). The molecule has 0 spiro atoms.